The molecule has 3 rings (SSSR count). The molecule has 35 heavy (non-hydrogen) atoms. The SMILES string of the molecule is Cc1nc(C(=O)NC[C@H]2CC[C@H](C)C[C@@H]2O)c(C#N)n1-c1ccc(CC(C)(C)C)cc1OC(F)F. The van der Waals surface area contributed by atoms with Gasteiger partial charge >= 0.3 is 6.61 Å². The van der Waals surface area contributed by atoms with Crippen molar-refractivity contribution in [1.29, 1.82) is 5.26 Å². The number of hydrogen-bond donors (Lipinski definition) is 2. The molecule has 190 valence electrons. The Morgan fingerprint density at radius 3 is 2.69 bits per heavy atom. The fraction of sp³-hybridized carbons (Fsp3) is 0.577. The van der Waals surface area contributed by atoms with Gasteiger partial charge in [-0.25, -0.2) is 4.98 Å². The zero-order valence-corrected chi connectivity index (χ0v) is 20.9. The summed E-state index contributed by atoms with van der Waals surface area (Å²) in [7, 11) is 0. The van der Waals surface area contributed by atoms with Gasteiger partial charge in [-0.2, -0.15) is 14.0 Å². The number of aliphatic hydroxyl groups is 1. The summed E-state index contributed by atoms with van der Waals surface area (Å²) in [4.78, 5) is 17.2. The Morgan fingerprint density at radius 1 is 1.37 bits per heavy atom. The minimum atomic E-state index is -3.06. The van der Waals surface area contributed by atoms with Gasteiger partial charge < -0.3 is 15.2 Å². The topological polar surface area (TPSA) is 100 Å². The summed E-state index contributed by atoms with van der Waals surface area (Å²) < 4.78 is 32.6. The largest absolute Gasteiger partial charge is 0.433 e. The number of hydrogen-bond acceptors (Lipinski definition) is 5. The zero-order valence-electron chi connectivity index (χ0n) is 20.9. The van der Waals surface area contributed by atoms with Crippen molar-refractivity contribution in [2.45, 2.75) is 73.0 Å². The van der Waals surface area contributed by atoms with Crippen LogP contribution in [0, 0.1) is 35.5 Å². The average Bonchev–Trinajstić information content (AvgIpc) is 3.07. The highest BCUT2D eigenvalue weighted by molar-refractivity contribution is 5.94. The molecule has 0 saturated heterocycles. The number of carbonyl (C=O) groups excluding carboxylic acids is 1. The lowest BCUT2D eigenvalue weighted by atomic mass is 9.81. The Hall–Kier alpha value is -2.99. The number of nitrogens with zero attached hydrogens (tertiary/aromatic N) is 3. The molecule has 1 fully saturated rings. The Bertz CT molecular complexity index is 1100. The molecule has 0 bridgehead atoms. The van der Waals surface area contributed by atoms with Gasteiger partial charge in [0.1, 0.15) is 17.6 Å². The van der Waals surface area contributed by atoms with Gasteiger partial charge in [0.05, 0.1) is 11.8 Å². The van der Waals surface area contributed by atoms with Crippen molar-refractivity contribution >= 4 is 5.91 Å². The van der Waals surface area contributed by atoms with Crippen LogP contribution in [0.15, 0.2) is 18.2 Å². The van der Waals surface area contributed by atoms with E-state index in [0.29, 0.717) is 24.6 Å². The highest BCUT2D eigenvalue weighted by Gasteiger charge is 2.29. The molecular weight excluding hydrogens is 454 g/mol. The van der Waals surface area contributed by atoms with Gasteiger partial charge in [0.2, 0.25) is 0 Å². The molecule has 1 aromatic carbocycles. The van der Waals surface area contributed by atoms with Crippen LogP contribution in [0.1, 0.15) is 74.5 Å². The maximum Gasteiger partial charge on any atom is 0.387 e. The fourth-order valence-electron chi connectivity index (χ4n) is 4.70. The quantitative estimate of drug-likeness (QED) is 0.585. The van der Waals surface area contributed by atoms with Crippen molar-refractivity contribution in [2.24, 2.45) is 17.3 Å². The molecule has 0 radical (unpaired) electrons. The van der Waals surface area contributed by atoms with Gasteiger partial charge in [0.15, 0.2) is 11.4 Å². The van der Waals surface area contributed by atoms with Gasteiger partial charge in [-0.05, 0) is 55.2 Å². The third-order valence-electron chi connectivity index (χ3n) is 6.32. The van der Waals surface area contributed by atoms with E-state index in [4.69, 9.17) is 4.74 Å². The summed E-state index contributed by atoms with van der Waals surface area (Å²) in [6, 6.07) is 6.94. The van der Waals surface area contributed by atoms with E-state index in [-0.39, 0.29) is 40.7 Å². The fourth-order valence-corrected chi connectivity index (χ4v) is 4.70. The summed E-state index contributed by atoms with van der Waals surface area (Å²) in [6.07, 6.45) is 2.62. The standard InChI is InChI=1S/C26H34F2N4O3/c1-15-6-8-18(21(33)10-15)14-30-24(34)23-20(13-29)32(16(2)31-23)19-9-7-17(12-26(3,4)5)11-22(19)35-25(27)28/h7,9,11,15,18,21,25,33H,6,8,10,12,14H2,1-5H3,(H,30,34)/t15-,18+,21-/m0/s1. The number of aryl methyl sites for hydroxylation is 1. The molecule has 1 saturated carbocycles. The lowest BCUT2D eigenvalue weighted by Gasteiger charge is -2.31. The summed E-state index contributed by atoms with van der Waals surface area (Å²) in [5, 5.41) is 23.0. The number of imidazole rings is 1. The first kappa shape index (κ1) is 26.6. The van der Waals surface area contributed by atoms with E-state index in [9.17, 15) is 23.9 Å². The van der Waals surface area contributed by atoms with E-state index in [2.05, 4.69) is 17.2 Å². The highest BCUT2D eigenvalue weighted by atomic mass is 19.3. The molecule has 2 aromatic rings. The molecule has 1 amide bonds. The van der Waals surface area contributed by atoms with Crippen LogP contribution < -0.4 is 10.1 Å². The minimum absolute atomic E-state index is 0.0646. The number of rotatable bonds is 7. The number of carbonyl (C=O) groups is 1. The minimum Gasteiger partial charge on any atom is -0.433 e. The van der Waals surface area contributed by atoms with Crippen LogP contribution >= 0.6 is 0 Å². The summed E-state index contributed by atoms with van der Waals surface area (Å²) in [5.41, 5.74) is 0.791. The second-order valence-corrected chi connectivity index (χ2v) is 10.7. The predicted octanol–water partition coefficient (Wildman–Crippen LogP) is 4.77. The van der Waals surface area contributed by atoms with Crippen molar-refractivity contribution in [2.75, 3.05) is 6.54 Å². The van der Waals surface area contributed by atoms with Crippen LogP contribution in [0.3, 0.4) is 0 Å². The Kier molecular flexibility index (Phi) is 8.16. The lowest BCUT2D eigenvalue weighted by Crippen LogP contribution is -2.38. The number of ether oxygens (including phenoxy) is 1. The number of benzene rings is 1. The van der Waals surface area contributed by atoms with Crippen LogP contribution in [-0.2, 0) is 6.42 Å². The molecule has 1 aliphatic carbocycles. The molecule has 9 heteroatoms. The lowest BCUT2D eigenvalue weighted by molar-refractivity contribution is -0.0499. The first-order chi connectivity index (χ1) is 16.4. The normalized spacial score (nSPS) is 20.5. The van der Waals surface area contributed by atoms with Gasteiger partial charge in [-0.1, -0.05) is 40.2 Å². The van der Waals surface area contributed by atoms with E-state index in [1.54, 1.807) is 25.1 Å². The third kappa shape index (κ3) is 6.57. The summed E-state index contributed by atoms with van der Waals surface area (Å²) in [5.74, 6) is 0.0335. The predicted molar refractivity (Wildman–Crippen MR) is 128 cm³/mol. The third-order valence-corrected chi connectivity index (χ3v) is 6.32. The van der Waals surface area contributed by atoms with Gasteiger partial charge in [-0.3, -0.25) is 9.36 Å². The number of nitrogens with one attached hydrogen (secondary N) is 1. The van der Waals surface area contributed by atoms with Crippen LogP contribution in [0.4, 0.5) is 8.78 Å². The van der Waals surface area contributed by atoms with E-state index in [1.165, 1.54) is 4.57 Å². The van der Waals surface area contributed by atoms with E-state index >= 15 is 0 Å². The zero-order chi connectivity index (χ0) is 25.9. The maximum absolute atomic E-state index is 13.2. The summed E-state index contributed by atoms with van der Waals surface area (Å²) in [6.45, 7) is 7.03. The smallest absolute Gasteiger partial charge is 0.387 e. The Morgan fingerprint density at radius 2 is 2.09 bits per heavy atom. The van der Waals surface area contributed by atoms with Gasteiger partial charge in [-0.15, -0.1) is 0 Å². The van der Waals surface area contributed by atoms with Crippen molar-refractivity contribution in [1.82, 2.24) is 14.9 Å². The molecule has 0 unspecified atom stereocenters. The van der Waals surface area contributed by atoms with Crippen molar-refractivity contribution in [3.8, 4) is 17.5 Å². The second-order valence-electron chi connectivity index (χ2n) is 10.7. The monoisotopic (exact) mass is 488 g/mol. The molecule has 0 aliphatic heterocycles. The molecule has 1 heterocycles. The van der Waals surface area contributed by atoms with Crippen LogP contribution in [-0.4, -0.2) is 39.8 Å². The van der Waals surface area contributed by atoms with Crippen LogP contribution in [0.2, 0.25) is 0 Å². The molecule has 2 N–H and O–H groups in total. The number of nitriles is 1. The van der Waals surface area contributed by atoms with Crippen LogP contribution in [0.25, 0.3) is 5.69 Å². The molecule has 1 aliphatic rings. The van der Waals surface area contributed by atoms with E-state index in [0.717, 1.165) is 18.4 Å². The van der Waals surface area contributed by atoms with Crippen molar-refractivity contribution in [3.05, 3.63) is 41.0 Å². The molecule has 0 spiro atoms. The highest BCUT2D eigenvalue weighted by Crippen LogP contribution is 2.32. The number of aromatic nitrogens is 2. The Balaban J connectivity index is 1.91. The number of alkyl halides is 2. The first-order valence-corrected chi connectivity index (χ1v) is 11.9. The maximum atomic E-state index is 13.2. The van der Waals surface area contributed by atoms with Crippen molar-refractivity contribution in [3.63, 3.8) is 0 Å². The second kappa shape index (κ2) is 10.7. The van der Waals surface area contributed by atoms with E-state index < -0.39 is 18.6 Å². The molecule has 1 aromatic heterocycles. The molecule has 3 atom stereocenters. The molecular formula is C26H34F2N4O3. The van der Waals surface area contributed by atoms with Gasteiger partial charge in [0, 0.05) is 12.5 Å². The van der Waals surface area contributed by atoms with Crippen LogP contribution in [0.5, 0.6) is 5.75 Å². The van der Waals surface area contributed by atoms with E-state index in [1.807, 2.05) is 26.8 Å². The average molecular weight is 489 g/mol. The number of amides is 1. The molecule has 7 nitrogen and oxygen atoms in total. The van der Waals surface area contributed by atoms with Gasteiger partial charge in [0.25, 0.3) is 5.91 Å². The Labute approximate surface area is 205 Å². The number of halogens is 2. The summed E-state index contributed by atoms with van der Waals surface area (Å²) >= 11 is 0. The number of aliphatic hydroxyl groups excluding tert-OH is 1. The van der Waals surface area contributed by atoms with Crippen molar-refractivity contribution < 1.29 is 23.4 Å². The first-order valence-electron chi connectivity index (χ1n) is 11.9.